The molecule has 0 bridgehead atoms. The first-order chi connectivity index (χ1) is 9.28. The Bertz CT molecular complexity index is 592. The summed E-state index contributed by atoms with van der Waals surface area (Å²) in [5.74, 6) is 0.115. The van der Waals surface area contributed by atoms with Crippen LogP contribution in [-0.2, 0) is 11.2 Å². The van der Waals surface area contributed by atoms with E-state index in [0.717, 1.165) is 12.1 Å². The number of anilines is 1. The van der Waals surface area contributed by atoms with Gasteiger partial charge in [-0.3, -0.25) is 4.79 Å². The van der Waals surface area contributed by atoms with Gasteiger partial charge in [-0.15, -0.1) is 11.3 Å². The summed E-state index contributed by atoms with van der Waals surface area (Å²) in [4.78, 5) is 12.7. The van der Waals surface area contributed by atoms with E-state index in [1.54, 1.807) is 11.3 Å². The minimum atomic E-state index is 0.115. The highest BCUT2D eigenvalue weighted by molar-refractivity contribution is 7.10. The van der Waals surface area contributed by atoms with Crippen molar-refractivity contribution in [3.05, 3.63) is 51.7 Å². The maximum atomic E-state index is 11.4. The van der Waals surface area contributed by atoms with Crippen LogP contribution in [0.5, 0.6) is 0 Å². The number of hydrogen-bond acceptors (Lipinski definition) is 3. The number of hydrogen-bond donors (Lipinski definition) is 2. The molecule has 4 heteroatoms. The molecule has 2 heterocycles. The number of thiophene rings is 1. The molecular weight excluding hydrogens is 256 g/mol. The van der Waals surface area contributed by atoms with Gasteiger partial charge in [-0.2, -0.15) is 0 Å². The van der Waals surface area contributed by atoms with Crippen LogP contribution in [-0.4, -0.2) is 13.0 Å². The topological polar surface area (TPSA) is 41.1 Å². The van der Waals surface area contributed by atoms with E-state index in [9.17, 15) is 4.79 Å². The maximum Gasteiger partial charge on any atom is 0.224 e. The molecule has 0 aliphatic carbocycles. The fraction of sp³-hybridized carbons (Fsp3) is 0.267. The predicted molar refractivity (Wildman–Crippen MR) is 78.6 cm³/mol. The summed E-state index contributed by atoms with van der Waals surface area (Å²) >= 11 is 1.76. The van der Waals surface area contributed by atoms with Gasteiger partial charge in [0.2, 0.25) is 5.91 Å². The van der Waals surface area contributed by atoms with E-state index in [2.05, 4.69) is 40.3 Å². The first-order valence-corrected chi connectivity index (χ1v) is 7.29. The summed E-state index contributed by atoms with van der Waals surface area (Å²) in [5.41, 5.74) is 3.44. The second-order valence-corrected chi connectivity index (χ2v) is 5.68. The third-order valence-corrected chi connectivity index (χ3v) is 4.41. The van der Waals surface area contributed by atoms with Crippen LogP contribution in [0.15, 0.2) is 35.7 Å². The average molecular weight is 272 g/mol. The number of carbonyl (C=O) groups is 1. The van der Waals surface area contributed by atoms with Gasteiger partial charge in [0.05, 0.1) is 6.04 Å². The van der Waals surface area contributed by atoms with Crippen molar-refractivity contribution in [3.8, 4) is 0 Å². The monoisotopic (exact) mass is 272 g/mol. The van der Waals surface area contributed by atoms with Crippen molar-refractivity contribution in [2.24, 2.45) is 0 Å². The van der Waals surface area contributed by atoms with Gasteiger partial charge >= 0.3 is 0 Å². The second-order valence-electron chi connectivity index (χ2n) is 4.70. The Morgan fingerprint density at radius 2 is 2.21 bits per heavy atom. The minimum Gasteiger partial charge on any atom is -0.326 e. The fourth-order valence-electron chi connectivity index (χ4n) is 2.51. The van der Waals surface area contributed by atoms with Crippen molar-refractivity contribution in [3.63, 3.8) is 0 Å². The van der Waals surface area contributed by atoms with Crippen LogP contribution in [0.25, 0.3) is 0 Å². The summed E-state index contributed by atoms with van der Waals surface area (Å²) < 4.78 is 0. The Kier molecular flexibility index (Phi) is 3.36. The van der Waals surface area contributed by atoms with E-state index in [4.69, 9.17) is 0 Å². The molecule has 1 aromatic heterocycles. The normalized spacial score (nSPS) is 15.7. The predicted octanol–water partition coefficient (Wildman–Crippen LogP) is 2.94. The molecule has 19 heavy (non-hydrogen) atoms. The van der Waals surface area contributed by atoms with E-state index in [0.29, 0.717) is 6.42 Å². The first-order valence-electron chi connectivity index (χ1n) is 6.41. The Morgan fingerprint density at radius 1 is 1.32 bits per heavy atom. The molecular formula is C15H16N2OS. The van der Waals surface area contributed by atoms with Crippen molar-refractivity contribution in [1.82, 2.24) is 5.32 Å². The van der Waals surface area contributed by atoms with Gasteiger partial charge in [-0.05, 0) is 42.1 Å². The quantitative estimate of drug-likeness (QED) is 0.902. The number of amides is 1. The number of fused-ring (bicyclic) bond motifs is 1. The molecule has 0 saturated heterocycles. The highest BCUT2D eigenvalue weighted by Gasteiger charge is 2.18. The van der Waals surface area contributed by atoms with E-state index in [-0.39, 0.29) is 11.9 Å². The zero-order valence-electron chi connectivity index (χ0n) is 10.8. The Hall–Kier alpha value is -1.65. The van der Waals surface area contributed by atoms with Crippen molar-refractivity contribution in [1.29, 1.82) is 0 Å². The van der Waals surface area contributed by atoms with Crippen molar-refractivity contribution in [2.75, 3.05) is 12.4 Å². The Labute approximate surface area is 116 Å². The lowest BCUT2D eigenvalue weighted by Gasteiger charge is -2.21. The number of benzene rings is 1. The van der Waals surface area contributed by atoms with Gasteiger partial charge in [0.1, 0.15) is 0 Å². The lowest BCUT2D eigenvalue weighted by molar-refractivity contribution is -0.116. The zero-order chi connectivity index (χ0) is 13.2. The van der Waals surface area contributed by atoms with Gasteiger partial charge in [-0.25, -0.2) is 0 Å². The summed E-state index contributed by atoms with van der Waals surface area (Å²) in [6.45, 7) is 0. The van der Waals surface area contributed by atoms with E-state index >= 15 is 0 Å². The van der Waals surface area contributed by atoms with Gasteiger partial charge in [0, 0.05) is 17.0 Å². The summed E-state index contributed by atoms with van der Waals surface area (Å²) in [6.07, 6.45) is 1.41. The lowest BCUT2D eigenvalue weighted by Crippen LogP contribution is -2.21. The second kappa shape index (κ2) is 5.15. The lowest BCUT2D eigenvalue weighted by atomic mass is 9.96. The maximum absolute atomic E-state index is 11.4. The Balaban J connectivity index is 1.95. The standard InChI is InChI=1S/C15H16N2OS/c1-16-15(13-3-2-8-19-13)11-4-6-12-10(9-11)5-7-14(18)17-12/h2-4,6,8-9,15-16H,5,7H2,1H3,(H,17,18). The highest BCUT2D eigenvalue weighted by Crippen LogP contribution is 2.30. The first kappa shape index (κ1) is 12.4. The van der Waals surface area contributed by atoms with Crippen LogP contribution < -0.4 is 10.6 Å². The molecule has 1 atom stereocenters. The SMILES string of the molecule is CNC(c1ccc2c(c1)CCC(=O)N2)c1cccs1. The summed E-state index contributed by atoms with van der Waals surface area (Å²) in [5, 5.41) is 8.38. The number of carbonyl (C=O) groups excluding carboxylic acids is 1. The molecule has 2 N–H and O–H groups in total. The molecule has 98 valence electrons. The van der Waals surface area contributed by atoms with Crippen LogP contribution >= 0.6 is 11.3 Å². The van der Waals surface area contributed by atoms with Crippen LogP contribution in [0.1, 0.15) is 28.5 Å². The third-order valence-electron chi connectivity index (χ3n) is 3.47. The molecule has 1 amide bonds. The molecule has 3 rings (SSSR count). The summed E-state index contributed by atoms with van der Waals surface area (Å²) in [7, 11) is 1.98. The van der Waals surface area contributed by atoms with Crippen LogP contribution in [0.2, 0.25) is 0 Å². The van der Waals surface area contributed by atoms with Crippen LogP contribution in [0.3, 0.4) is 0 Å². The highest BCUT2D eigenvalue weighted by atomic mass is 32.1. The van der Waals surface area contributed by atoms with Gasteiger partial charge < -0.3 is 10.6 Å². The average Bonchev–Trinajstić information content (AvgIpc) is 2.93. The van der Waals surface area contributed by atoms with Crippen LogP contribution in [0, 0.1) is 0 Å². The van der Waals surface area contributed by atoms with E-state index < -0.39 is 0 Å². The summed E-state index contributed by atoms with van der Waals surface area (Å²) in [6, 6.07) is 10.7. The van der Waals surface area contributed by atoms with Crippen molar-refractivity contribution < 1.29 is 4.79 Å². The number of aryl methyl sites for hydroxylation is 1. The Morgan fingerprint density at radius 3 is 2.95 bits per heavy atom. The van der Waals surface area contributed by atoms with E-state index in [1.807, 2.05) is 13.1 Å². The molecule has 1 aromatic carbocycles. The molecule has 2 aromatic rings. The van der Waals surface area contributed by atoms with Crippen molar-refractivity contribution in [2.45, 2.75) is 18.9 Å². The molecule has 0 radical (unpaired) electrons. The van der Waals surface area contributed by atoms with Gasteiger partial charge in [0.15, 0.2) is 0 Å². The van der Waals surface area contributed by atoms with Gasteiger partial charge in [-0.1, -0.05) is 18.2 Å². The van der Waals surface area contributed by atoms with Crippen molar-refractivity contribution >= 4 is 22.9 Å². The fourth-order valence-corrected chi connectivity index (χ4v) is 3.37. The van der Waals surface area contributed by atoms with Crippen LogP contribution in [0.4, 0.5) is 5.69 Å². The van der Waals surface area contributed by atoms with E-state index in [1.165, 1.54) is 16.0 Å². The molecule has 1 aliphatic heterocycles. The minimum absolute atomic E-state index is 0.115. The zero-order valence-corrected chi connectivity index (χ0v) is 11.6. The molecule has 1 aliphatic rings. The smallest absolute Gasteiger partial charge is 0.224 e. The molecule has 0 fully saturated rings. The number of nitrogens with one attached hydrogen (secondary N) is 2. The molecule has 0 saturated carbocycles. The third kappa shape index (κ3) is 2.41. The molecule has 3 nitrogen and oxygen atoms in total. The molecule has 0 spiro atoms. The van der Waals surface area contributed by atoms with Gasteiger partial charge in [0.25, 0.3) is 0 Å². The molecule has 1 unspecified atom stereocenters. The largest absolute Gasteiger partial charge is 0.326 e. The number of rotatable bonds is 3.